The molecular weight excluding hydrogens is 159 g/mol. The fourth-order valence-corrected chi connectivity index (χ4v) is 1.17. The number of aromatic hydroxyl groups is 1. The van der Waals surface area contributed by atoms with Crippen LogP contribution in [0.4, 0.5) is 4.39 Å². The van der Waals surface area contributed by atoms with Crippen LogP contribution >= 0.6 is 0 Å². The molecule has 1 aromatic carbocycles. The third-order valence-electron chi connectivity index (χ3n) is 1.60. The molecule has 0 atom stereocenters. The highest BCUT2D eigenvalue weighted by molar-refractivity contribution is 5.47. The van der Waals surface area contributed by atoms with Crippen molar-refractivity contribution in [3.63, 3.8) is 0 Å². The monoisotopic (exact) mass is 170 g/mol. The normalized spacial score (nSPS) is 9.92. The van der Waals surface area contributed by atoms with E-state index < -0.39 is 6.86 Å². The number of alkyl halides is 1. The molecule has 0 spiro atoms. The predicted molar refractivity (Wildman–Crippen MR) is 44.2 cm³/mol. The van der Waals surface area contributed by atoms with Gasteiger partial charge in [-0.2, -0.15) is 0 Å². The maximum absolute atomic E-state index is 11.8. The second kappa shape index (κ2) is 3.43. The van der Waals surface area contributed by atoms with E-state index in [1.807, 2.05) is 13.0 Å². The third kappa shape index (κ3) is 1.67. The first-order chi connectivity index (χ1) is 5.65. The van der Waals surface area contributed by atoms with Gasteiger partial charge in [0.05, 0.1) is 0 Å². The summed E-state index contributed by atoms with van der Waals surface area (Å²) in [6, 6.07) is 3.36. The van der Waals surface area contributed by atoms with Gasteiger partial charge in [-0.25, -0.2) is 4.39 Å². The van der Waals surface area contributed by atoms with Gasteiger partial charge in [0.15, 0.2) is 11.5 Å². The van der Waals surface area contributed by atoms with Crippen LogP contribution < -0.4 is 4.74 Å². The minimum Gasteiger partial charge on any atom is -0.504 e. The number of benzene rings is 1. The Kier molecular flexibility index (Phi) is 2.53. The van der Waals surface area contributed by atoms with Crippen molar-refractivity contribution in [3.8, 4) is 11.5 Å². The van der Waals surface area contributed by atoms with E-state index in [0.29, 0.717) is 0 Å². The van der Waals surface area contributed by atoms with E-state index in [1.54, 1.807) is 6.92 Å². The molecule has 0 heterocycles. The van der Waals surface area contributed by atoms with Gasteiger partial charge in [0, 0.05) is 0 Å². The molecule has 0 aromatic heterocycles. The minimum atomic E-state index is -0.919. The third-order valence-corrected chi connectivity index (χ3v) is 1.60. The van der Waals surface area contributed by atoms with Crippen molar-refractivity contribution in [1.82, 2.24) is 0 Å². The lowest BCUT2D eigenvalue weighted by Gasteiger charge is -2.08. The average Bonchev–Trinajstić information content (AvgIpc) is 1.96. The summed E-state index contributed by atoms with van der Waals surface area (Å²) in [5.41, 5.74) is 1.67. The van der Waals surface area contributed by atoms with Crippen LogP contribution in [0.15, 0.2) is 12.1 Å². The SMILES string of the molecule is Cc1cc(C)c(OCF)c(O)c1. The molecule has 0 saturated carbocycles. The number of ether oxygens (including phenoxy) is 1. The molecule has 3 heteroatoms. The first-order valence-electron chi connectivity index (χ1n) is 3.64. The Hall–Kier alpha value is -1.25. The molecule has 0 unspecified atom stereocenters. The number of phenols is 1. The van der Waals surface area contributed by atoms with E-state index in [-0.39, 0.29) is 11.5 Å². The van der Waals surface area contributed by atoms with Gasteiger partial charge in [-0.15, -0.1) is 0 Å². The van der Waals surface area contributed by atoms with Crippen LogP contribution in [-0.4, -0.2) is 12.0 Å². The molecular formula is C9H11FO2. The molecule has 0 fully saturated rings. The molecule has 0 aliphatic rings. The van der Waals surface area contributed by atoms with Gasteiger partial charge in [0.2, 0.25) is 6.86 Å². The van der Waals surface area contributed by atoms with Gasteiger partial charge in [0.1, 0.15) is 0 Å². The quantitative estimate of drug-likeness (QED) is 0.738. The van der Waals surface area contributed by atoms with Crippen LogP contribution in [0, 0.1) is 13.8 Å². The molecule has 0 aliphatic heterocycles. The summed E-state index contributed by atoms with van der Waals surface area (Å²) in [6.45, 7) is 2.70. The van der Waals surface area contributed by atoms with Crippen LogP contribution in [0.5, 0.6) is 11.5 Å². The Morgan fingerprint density at radius 3 is 2.58 bits per heavy atom. The zero-order valence-corrected chi connectivity index (χ0v) is 7.10. The van der Waals surface area contributed by atoms with E-state index in [0.717, 1.165) is 11.1 Å². The first kappa shape index (κ1) is 8.84. The minimum absolute atomic E-state index is 0.00912. The molecule has 1 N–H and O–H groups in total. The number of hydrogen-bond acceptors (Lipinski definition) is 2. The Morgan fingerprint density at radius 2 is 2.08 bits per heavy atom. The van der Waals surface area contributed by atoms with Crippen molar-refractivity contribution in [2.45, 2.75) is 13.8 Å². The second-order valence-corrected chi connectivity index (χ2v) is 2.68. The number of phenolic OH excluding ortho intramolecular Hbond substituents is 1. The highest BCUT2D eigenvalue weighted by Gasteiger charge is 2.06. The molecule has 0 bridgehead atoms. The highest BCUT2D eigenvalue weighted by Crippen LogP contribution is 2.30. The molecule has 66 valence electrons. The number of rotatable bonds is 2. The van der Waals surface area contributed by atoms with Gasteiger partial charge >= 0.3 is 0 Å². The zero-order valence-electron chi connectivity index (χ0n) is 7.10. The molecule has 2 nitrogen and oxygen atoms in total. The average molecular weight is 170 g/mol. The molecule has 0 radical (unpaired) electrons. The lowest BCUT2D eigenvalue weighted by molar-refractivity contribution is 0.184. The van der Waals surface area contributed by atoms with Crippen molar-refractivity contribution in [1.29, 1.82) is 0 Å². The maximum atomic E-state index is 11.8. The summed E-state index contributed by atoms with van der Waals surface area (Å²) in [7, 11) is 0. The Bertz CT molecular complexity index is 261. The van der Waals surface area contributed by atoms with Crippen molar-refractivity contribution in [2.75, 3.05) is 6.86 Å². The molecule has 12 heavy (non-hydrogen) atoms. The Labute approximate surface area is 70.6 Å². The first-order valence-corrected chi connectivity index (χ1v) is 3.64. The van der Waals surface area contributed by atoms with Crippen LogP contribution in [0.2, 0.25) is 0 Å². The highest BCUT2D eigenvalue weighted by atomic mass is 19.1. The molecule has 0 amide bonds. The second-order valence-electron chi connectivity index (χ2n) is 2.68. The van der Waals surface area contributed by atoms with Crippen LogP contribution in [-0.2, 0) is 0 Å². The maximum Gasteiger partial charge on any atom is 0.228 e. The van der Waals surface area contributed by atoms with Gasteiger partial charge < -0.3 is 9.84 Å². The van der Waals surface area contributed by atoms with Gasteiger partial charge in [-0.05, 0) is 31.0 Å². The number of aryl methyl sites for hydroxylation is 2. The van der Waals surface area contributed by atoms with E-state index in [9.17, 15) is 9.50 Å². The van der Waals surface area contributed by atoms with Gasteiger partial charge in [-0.1, -0.05) is 6.07 Å². The topological polar surface area (TPSA) is 29.5 Å². The Morgan fingerprint density at radius 1 is 1.42 bits per heavy atom. The summed E-state index contributed by atoms with van der Waals surface area (Å²) in [5.74, 6) is 0.216. The van der Waals surface area contributed by atoms with Crippen molar-refractivity contribution in [2.24, 2.45) is 0 Å². The molecule has 0 aliphatic carbocycles. The van der Waals surface area contributed by atoms with E-state index >= 15 is 0 Å². The summed E-state index contributed by atoms with van der Waals surface area (Å²) in [5, 5.41) is 9.31. The fourth-order valence-electron chi connectivity index (χ4n) is 1.17. The standard InChI is InChI=1S/C9H11FO2/c1-6-3-7(2)9(12-5-10)8(11)4-6/h3-4,11H,5H2,1-2H3. The smallest absolute Gasteiger partial charge is 0.228 e. The van der Waals surface area contributed by atoms with Crippen molar-refractivity contribution in [3.05, 3.63) is 23.3 Å². The predicted octanol–water partition coefficient (Wildman–Crippen LogP) is 2.31. The van der Waals surface area contributed by atoms with Crippen molar-refractivity contribution >= 4 is 0 Å². The molecule has 0 saturated heterocycles. The largest absolute Gasteiger partial charge is 0.504 e. The lowest BCUT2D eigenvalue weighted by atomic mass is 10.1. The summed E-state index contributed by atoms with van der Waals surface area (Å²) in [4.78, 5) is 0. The van der Waals surface area contributed by atoms with Crippen LogP contribution in [0.3, 0.4) is 0 Å². The zero-order chi connectivity index (χ0) is 9.14. The lowest BCUT2D eigenvalue weighted by Crippen LogP contribution is -1.93. The fraction of sp³-hybridized carbons (Fsp3) is 0.333. The van der Waals surface area contributed by atoms with E-state index in [1.165, 1.54) is 6.07 Å². The Balaban J connectivity index is 3.10. The van der Waals surface area contributed by atoms with Crippen molar-refractivity contribution < 1.29 is 14.2 Å². The summed E-state index contributed by atoms with van der Waals surface area (Å²) < 4.78 is 16.4. The van der Waals surface area contributed by atoms with Crippen LogP contribution in [0.25, 0.3) is 0 Å². The summed E-state index contributed by atoms with van der Waals surface area (Å²) >= 11 is 0. The van der Waals surface area contributed by atoms with E-state index in [4.69, 9.17) is 0 Å². The van der Waals surface area contributed by atoms with Gasteiger partial charge in [0.25, 0.3) is 0 Å². The number of hydrogen-bond donors (Lipinski definition) is 1. The van der Waals surface area contributed by atoms with E-state index in [2.05, 4.69) is 4.74 Å². The summed E-state index contributed by atoms with van der Waals surface area (Å²) in [6.07, 6.45) is 0. The molecule has 1 aromatic rings. The van der Waals surface area contributed by atoms with Gasteiger partial charge in [-0.3, -0.25) is 0 Å². The molecule has 1 rings (SSSR count). The number of halogens is 1. The van der Waals surface area contributed by atoms with Crippen LogP contribution in [0.1, 0.15) is 11.1 Å².